The molecule has 0 bridgehead atoms. The summed E-state index contributed by atoms with van der Waals surface area (Å²) in [6.07, 6.45) is 0. The Morgan fingerprint density at radius 3 is 2.43 bits per heavy atom. The van der Waals surface area contributed by atoms with Crippen LogP contribution in [-0.4, -0.2) is 31.4 Å². The lowest BCUT2D eigenvalue weighted by Crippen LogP contribution is -2.36. The summed E-state index contributed by atoms with van der Waals surface area (Å²) in [7, 11) is 0. The minimum atomic E-state index is 0.128. The second-order valence-electron chi connectivity index (χ2n) is 5.26. The first-order valence-electron chi connectivity index (χ1n) is 7.07. The minimum Gasteiger partial charge on any atom is -0.506 e. The standard InChI is InChI=1S/C17H18ClNO2/c1-12-10-17(20)16(18)11-15(12)13-2-4-14(5-3-13)19-6-8-21-9-7-19/h2-5,10-11,20H,6-9H2,1H3. The number of phenolic OH excluding ortho intramolecular Hbond substituents is 1. The summed E-state index contributed by atoms with van der Waals surface area (Å²) in [5, 5.41) is 10.0. The average Bonchev–Trinajstić information content (AvgIpc) is 2.52. The molecule has 1 saturated heterocycles. The van der Waals surface area contributed by atoms with Crippen LogP contribution in [0.4, 0.5) is 5.69 Å². The average molecular weight is 304 g/mol. The molecule has 0 spiro atoms. The van der Waals surface area contributed by atoms with E-state index in [4.69, 9.17) is 16.3 Å². The fourth-order valence-corrected chi connectivity index (χ4v) is 2.81. The number of aromatic hydroxyl groups is 1. The van der Waals surface area contributed by atoms with Crippen molar-refractivity contribution >= 4 is 17.3 Å². The van der Waals surface area contributed by atoms with Crippen LogP contribution in [-0.2, 0) is 4.74 Å². The van der Waals surface area contributed by atoms with E-state index in [2.05, 4.69) is 29.2 Å². The van der Waals surface area contributed by atoms with Crippen molar-refractivity contribution in [2.75, 3.05) is 31.2 Å². The van der Waals surface area contributed by atoms with E-state index in [1.54, 1.807) is 6.07 Å². The largest absolute Gasteiger partial charge is 0.506 e. The molecule has 0 aromatic heterocycles. The first kappa shape index (κ1) is 14.2. The first-order chi connectivity index (χ1) is 10.1. The number of anilines is 1. The number of rotatable bonds is 2. The van der Waals surface area contributed by atoms with Crippen LogP contribution in [0.2, 0.25) is 5.02 Å². The molecule has 1 aliphatic rings. The van der Waals surface area contributed by atoms with Crippen molar-refractivity contribution in [1.82, 2.24) is 0 Å². The summed E-state index contributed by atoms with van der Waals surface area (Å²) >= 11 is 6.02. The number of morpholine rings is 1. The van der Waals surface area contributed by atoms with E-state index in [1.807, 2.05) is 13.0 Å². The Morgan fingerprint density at radius 1 is 1.10 bits per heavy atom. The molecule has 2 aromatic carbocycles. The fraction of sp³-hybridized carbons (Fsp3) is 0.294. The Hall–Kier alpha value is -1.71. The van der Waals surface area contributed by atoms with Gasteiger partial charge in [-0.1, -0.05) is 23.7 Å². The van der Waals surface area contributed by atoms with Gasteiger partial charge >= 0.3 is 0 Å². The number of aryl methyl sites for hydroxylation is 1. The lowest BCUT2D eigenvalue weighted by molar-refractivity contribution is 0.122. The zero-order chi connectivity index (χ0) is 14.8. The van der Waals surface area contributed by atoms with Gasteiger partial charge in [0.25, 0.3) is 0 Å². The van der Waals surface area contributed by atoms with Gasteiger partial charge in [-0.3, -0.25) is 0 Å². The van der Waals surface area contributed by atoms with E-state index >= 15 is 0 Å². The van der Waals surface area contributed by atoms with Crippen LogP contribution in [0.5, 0.6) is 5.75 Å². The summed E-state index contributed by atoms with van der Waals surface area (Å²) in [6, 6.07) is 12.0. The quantitative estimate of drug-likeness (QED) is 0.914. The molecule has 21 heavy (non-hydrogen) atoms. The zero-order valence-corrected chi connectivity index (χ0v) is 12.7. The summed E-state index contributed by atoms with van der Waals surface area (Å²) < 4.78 is 5.37. The topological polar surface area (TPSA) is 32.7 Å². The molecular weight excluding hydrogens is 286 g/mol. The molecule has 0 radical (unpaired) electrons. The van der Waals surface area contributed by atoms with E-state index < -0.39 is 0 Å². The number of hydrogen-bond acceptors (Lipinski definition) is 3. The third-order valence-electron chi connectivity index (χ3n) is 3.85. The molecule has 4 heteroatoms. The van der Waals surface area contributed by atoms with Crippen LogP contribution in [0.25, 0.3) is 11.1 Å². The molecule has 2 aromatic rings. The molecule has 0 unspecified atom stereocenters. The van der Waals surface area contributed by atoms with Gasteiger partial charge < -0.3 is 14.7 Å². The van der Waals surface area contributed by atoms with E-state index in [0.29, 0.717) is 5.02 Å². The summed E-state index contributed by atoms with van der Waals surface area (Å²) in [5.74, 6) is 0.128. The third-order valence-corrected chi connectivity index (χ3v) is 4.15. The maximum atomic E-state index is 9.64. The molecular formula is C17H18ClNO2. The fourth-order valence-electron chi connectivity index (χ4n) is 2.65. The maximum absolute atomic E-state index is 9.64. The Kier molecular flexibility index (Phi) is 4.04. The van der Waals surface area contributed by atoms with Crippen molar-refractivity contribution in [2.45, 2.75) is 6.92 Å². The van der Waals surface area contributed by atoms with E-state index in [0.717, 1.165) is 43.0 Å². The predicted molar refractivity (Wildman–Crippen MR) is 86.3 cm³/mol. The number of hydrogen-bond donors (Lipinski definition) is 1. The maximum Gasteiger partial charge on any atom is 0.134 e. The van der Waals surface area contributed by atoms with E-state index in [9.17, 15) is 5.11 Å². The van der Waals surface area contributed by atoms with Crippen LogP contribution in [0.3, 0.4) is 0 Å². The van der Waals surface area contributed by atoms with Gasteiger partial charge in [-0.05, 0) is 47.9 Å². The molecule has 0 saturated carbocycles. The second kappa shape index (κ2) is 5.96. The lowest BCUT2D eigenvalue weighted by Gasteiger charge is -2.29. The highest BCUT2D eigenvalue weighted by Crippen LogP contribution is 2.33. The summed E-state index contributed by atoms with van der Waals surface area (Å²) in [5.41, 5.74) is 4.37. The van der Waals surface area contributed by atoms with Gasteiger partial charge in [0, 0.05) is 18.8 Å². The molecule has 0 atom stereocenters. The summed E-state index contributed by atoms with van der Waals surface area (Å²) in [4.78, 5) is 2.32. The highest BCUT2D eigenvalue weighted by Gasteiger charge is 2.12. The SMILES string of the molecule is Cc1cc(O)c(Cl)cc1-c1ccc(N2CCOCC2)cc1. The van der Waals surface area contributed by atoms with Gasteiger partial charge in [0.05, 0.1) is 18.2 Å². The number of nitrogens with zero attached hydrogens (tertiary/aromatic N) is 1. The molecule has 1 aliphatic heterocycles. The van der Waals surface area contributed by atoms with Crippen molar-refractivity contribution in [3.63, 3.8) is 0 Å². The number of halogens is 1. The monoisotopic (exact) mass is 303 g/mol. The normalized spacial score (nSPS) is 15.2. The van der Waals surface area contributed by atoms with Gasteiger partial charge in [0.2, 0.25) is 0 Å². The summed E-state index contributed by atoms with van der Waals surface area (Å²) in [6.45, 7) is 5.41. The molecule has 110 valence electrons. The Balaban J connectivity index is 1.88. The Morgan fingerprint density at radius 2 is 1.76 bits per heavy atom. The van der Waals surface area contributed by atoms with Gasteiger partial charge in [0.1, 0.15) is 5.75 Å². The zero-order valence-electron chi connectivity index (χ0n) is 12.0. The molecule has 0 aliphatic carbocycles. The predicted octanol–water partition coefficient (Wildman–Crippen LogP) is 3.86. The van der Waals surface area contributed by atoms with E-state index in [-0.39, 0.29) is 5.75 Å². The minimum absolute atomic E-state index is 0.128. The van der Waals surface area contributed by atoms with Gasteiger partial charge in [-0.15, -0.1) is 0 Å². The van der Waals surface area contributed by atoms with Crippen molar-refractivity contribution in [3.05, 3.63) is 47.0 Å². The van der Waals surface area contributed by atoms with Crippen molar-refractivity contribution in [2.24, 2.45) is 0 Å². The van der Waals surface area contributed by atoms with Gasteiger partial charge in [0.15, 0.2) is 0 Å². The first-order valence-corrected chi connectivity index (χ1v) is 7.45. The van der Waals surface area contributed by atoms with Crippen LogP contribution in [0.15, 0.2) is 36.4 Å². The molecule has 0 amide bonds. The van der Waals surface area contributed by atoms with Gasteiger partial charge in [-0.25, -0.2) is 0 Å². The number of phenols is 1. The molecule has 1 N–H and O–H groups in total. The molecule has 1 heterocycles. The smallest absolute Gasteiger partial charge is 0.134 e. The van der Waals surface area contributed by atoms with Crippen LogP contribution >= 0.6 is 11.6 Å². The van der Waals surface area contributed by atoms with Crippen molar-refractivity contribution in [3.8, 4) is 16.9 Å². The lowest BCUT2D eigenvalue weighted by atomic mass is 10.00. The Labute approximate surface area is 129 Å². The van der Waals surface area contributed by atoms with Crippen molar-refractivity contribution < 1.29 is 9.84 Å². The number of benzene rings is 2. The highest BCUT2D eigenvalue weighted by atomic mass is 35.5. The second-order valence-corrected chi connectivity index (χ2v) is 5.67. The van der Waals surface area contributed by atoms with Crippen molar-refractivity contribution in [1.29, 1.82) is 0 Å². The van der Waals surface area contributed by atoms with Crippen LogP contribution < -0.4 is 4.90 Å². The van der Waals surface area contributed by atoms with E-state index in [1.165, 1.54) is 5.69 Å². The molecule has 1 fully saturated rings. The molecule has 3 nitrogen and oxygen atoms in total. The van der Waals surface area contributed by atoms with Gasteiger partial charge in [-0.2, -0.15) is 0 Å². The highest BCUT2D eigenvalue weighted by molar-refractivity contribution is 6.32. The Bertz CT molecular complexity index is 634. The third kappa shape index (κ3) is 2.99. The number of ether oxygens (including phenoxy) is 1. The van der Waals surface area contributed by atoms with Crippen LogP contribution in [0.1, 0.15) is 5.56 Å². The molecule has 3 rings (SSSR count). The van der Waals surface area contributed by atoms with Crippen LogP contribution in [0, 0.1) is 6.92 Å².